The summed E-state index contributed by atoms with van der Waals surface area (Å²) >= 11 is 0. The molecule has 1 aliphatic heterocycles. The van der Waals surface area contributed by atoms with Gasteiger partial charge in [0.2, 0.25) is 11.8 Å². The van der Waals surface area contributed by atoms with Crippen LogP contribution in [0, 0.1) is 17.8 Å². The molecule has 0 saturated carbocycles. The zero-order valence-electron chi connectivity index (χ0n) is 13.0. The van der Waals surface area contributed by atoms with Crippen molar-refractivity contribution in [1.29, 1.82) is 0 Å². The summed E-state index contributed by atoms with van der Waals surface area (Å²) in [6.07, 6.45) is 5.07. The van der Waals surface area contributed by atoms with Gasteiger partial charge in [0, 0.05) is 6.92 Å². The Bertz CT molecular complexity index is 652. The molecule has 1 saturated heterocycles. The van der Waals surface area contributed by atoms with E-state index in [0.29, 0.717) is 18.5 Å². The second-order valence-corrected chi connectivity index (χ2v) is 5.94. The van der Waals surface area contributed by atoms with Gasteiger partial charge in [0.25, 0.3) is 0 Å². The van der Waals surface area contributed by atoms with Crippen LogP contribution in [-0.4, -0.2) is 24.4 Å². The lowest BCUT2D eigenvalue weighted by Gasteiger charge is -2.25. The fourth-order valence-electron chi connectivity index (χ4n) is 3.44. The van der Waals surface area contributed by atoms with Gasteiger partial charge in [-0.25, -0.2) is 0 Å². The highest BCUT2D eigenvalue weighted by Crippen LogP contribution is 2.41. The molecule has 3 atom stereocenters. The number of nitrogens with zero attached hydrogens (tertiary/aromatic N) is 1. The number of imide groups is 1. The van der Waals surface area contributed by atoms with Crippen LogP contribution >= 0.6 is 0 Å². The normalized spacial score (nSPS) is 26.3. The average Bonchev–Trinajstić information content (AvgIpc) is 2.80. The lowest BCUT2D eigenvalue weighted by Crippen LogP contribution is -2.32. The summed E-state index contributed by atoms with van der Waals surface area (Å²) < 4.78 is 4.98. The third-order valence-corrected chi connectivity index (χ3v) is 4.48. The van der Waals surface area contributed by atoms with E-state index >= 15 is 0 Å². The molecule has 0 aromatic heterocycles. The van der Waals surface area contributed by atoms with E-state index in [2.05, 4.69) is 0 Å². The van der Waals surface area contributed by atoms with Crippen molar-refractivity contribution in [2.45, 2.75) is 19.8 Å². The Morgan fingerprint density at radius 2 is 1.96 bits per heavy atom. The van der Waals surface area contributed by atoms with Crippen LogP contribution in [0.5, 0.6) is 0 Å². The highest BCUT2D eigenvalue weighted by Gasteiger charge is 2.51. The fourth-order valence-corrected chi connectivity index (χ4v) is 3.44. The van der Waals surface area contributed by atoms with Gasteiger partial charge in [0.1, 0.15) is 0 Å². The van der Waals surface area contributed by atoms with E-state index in [0.717, 1.165) is 0 Å². The van der Waals surface area contributed by atoms with E-state index in [1.807, 2.05) is 30.4 Å². The number of rotatable bonds is 4. The average molecular weight is 313 g/mol. The van der Waals surface area contributed by atoms with Crippen molar-refractivity contribution in [2.24, 2.45) is 17.8 Å². The Labute approximate surface area is 134 Å². The summed E-state index contributed by atoms with van der Waals surface area (Å²) in [6.45, 7) is 1.63. The van der Waals surface area contributed by atoms with Gasteiger partial charge in [0.05, 0.1) is 24.1 Å². The Hall–Kier alpha value is -2.43. The molecule has 1 aromatic carbocycles. The number of hydrogen-bond acceptors (Lipinski definition) is 4. The summed E-state index contributed by atoms with van der Waals surface area (Å²) in [5.74, 6) is -1.35. The maximum Gasteiger partial charge on any atom is 0.302 e. The number of ether oxygens (including phenoxy) is 1. The molecular weight excluding hydrogens is 294 g/mol. The van der Waals surface area contributed by atoms with Crippen LogP contribution in [-0.2, 0) is 19.1 Å². The first-order valence-electron chi connectivity index (χ1n) is 7.82. The molecule has 5 heteroatoms. The van der Waals surface area contributed by atoms with Gasteiger partial charge in [-0.05, 0) is 30.9 Å². The van der Waals surface area contributed by atoms with Crippen molar-refractivity contribution in [3.8, 4) is 0 Å². The zero-order chi connectivity index (χ0) is 16.4. The van der Waals surface area contributed by atoms with Gasteiger partial charge in [-0.3, -0.25) is 19.3 Å². The molecule has 3 rings (SSSR count). The van der Waals surface area contributed by atoms with Crippen LogP contribution < -0.4 is 4.90 Å². The molecule has 2 amide bonds. The van der Waals surface area contributed by atoms with Gasteiger partial charge >= 0.3 is 5.97 Å². The summed E-state index contributed by atoms with van der Waals surface area (Å²) in [5.41, 5.74) is 0.621. The predicted octanol–water partition coefficient (Wildman–Crippen LogP) is 2.32. The molecule has 0 bridgehead atoms. The lowest BCUT2D eigenvalue weighted by atomic mass is 9.76. The highest BCUT2D eigenvalue weighted by atomic mass is 16.5. The molecule has 0 spiro atoms. The second-order valence-electron chi connectivity index (χ2n) is 5.94. The number of carbonyl (C=O) groups is 3. The molecule has 1 fully saturated rings. The summed E-state index contributed by atoms with van der Waals surface area (Å²) in [7, 11) is 0. The number of hydrogen-bond donors (Lipinski definition) is 0. The largest absolute Gasteiger partial charge is 0.466 e. The Balaban J connectivity index is 1.80. The first-order valence-corrected chi connectivity index (χ1v) is 7.82. The van der Waals surface area contributed by atoms with Crippen LogP contribution in [0.2, 0.25) is 0 Å². The van der Waals surface area contributed by atoms with E-state index in [4.69, 9.17) is 4.74 Å². The van der Waals surface area contributed by atoms with Crippen molar-refractivity contribution in [3.05, 3.63) is 42.5 Å². The van der Waals surface area contributed by atoms with Gasteiger partial charge in [-0.2, -0.15) is 0 Å². The van der Waals surface area contributed by atoms with Crippen molar-refractivity contribution < 1.29 is 19.1 Å². The first kappa shape index (κ1) is 15.5. The monoisotopic (exact) mass is 313 g/mol. The number of anilines is 1. The SMILES string of the molecule is CC(=O)OCC[C@H]1C=CC[C@H]2C(=O)N(c3ccccc3)C(=O)[C@@H]12. The molecule has 120 valence electrons. The maximum atomic E-state index is 12.8. The number of allylic oxidation sites excluding steroid dienone is 2. The summed E-state index contributed by atoms with van der Waals surface area (Å²) in [6, 6.07) is 9.02. The Kier molecular flexibility index (Phi) is 4.28. The van der Waals surface area contributed by atoms with E-state index in [9.17, 15) is 14.4 Å². The Morgan fingerprint density at radius 3 is 2.65 bits per heavy atom. The van der Waals surface area contributed by atoms with Crippen LogP contribution in [0.3, 0.4) is 0 Å². The number of esters is 1. The summed E-state index contributed by atoms with van der Waals surface area (Å²) in [5, 5.41) is 0. The van der Waals surface area contributed by atoms with Crippen molar-refractivity contribution >= 4 is 23.5 Å². The third kappa shape index (κ3) is 2.91. The van der Waals surface area contributed by atoms with Crippen molar-refractivity contribution in [1.82, 2.24) is 0 Å². The minimum absolute atomic E-state index is 0.0711. The highest BCUT2D eigenvalue weighted by molar-refractivity contribution is 6.22. The fraction of sp³-hybridized carbons (Fsp3) is 0.389. The van der Waals surface area contributed by atoms with Gasteiger partial charge in [-0.1, -0.05) is 30.4 Å². The van der Waals surface area contributed by atoms with Crippen LogP contribution in [0.25, 0.3) is 0 Å². The topological polar surface area (TPSA) is 63.7 Å². The van der Waals surface area contributed by atoms with Crippen LogP contribution in [0.15, 0.2) is 42.5 Å². The molecule has 5 nitrogen and oxygen atoms in total. The van der Waals surface area contributed by atoms with Crippen molar-refractivity contribution in [2.75, 3.05) is 11.5 Å². The molecule has 2 aliphatic rings. The maximum absolute atomic E-state index is 12.8. The van der Waals surface area contributed by atoms with E-state index in [-0.39, 0.29) is 42.1 Å². The number of carbonyl (C=O) groups excluding carboxylic acids is 3. The minimum Gasteiger partial charge on any atom is -0.466 e. The van der Waals surface area contributed by atoms with Gasteiger partial charge < -0.3 is 4.74 Å². The molecular formula is C18H19NO4. The lowest BCUT2D eigenvalue weighted by molar-refractivity contribution is -0.141. The smallest absolute Gasteiger partial charge is 0.302 e. The minimum atomic E-state index is -0.358. The van der Waals surface area contributed by atoms with E-state index < -0.39 is 0 Å². The molecule has 1 heterocycles. The number of fused-ring (bicyclic) bond motifs is 1. The molecule has 1 aliphatic carbocycles. The summed E-state index contributed by atoms with van der Waals surface area (Å²) in [4.78, 5) is 37.7. The van der Waals surface area contributed by atoms with Gasteiger partial charge in [-0.15, -0.1) is 0 Å². The Morgan fingerprint density at radius 1 is 1.22 bits per heavy atom. The molecule has 0 N–H and O–H groups in total. The first-order chi connectivity index (χ1) is 11.1. The number of amides is 2. The van der Waals surface area contributed by atoms with E-state index in [1.165, 1.54) is 11.8 Å². The molecule has 23 heavy (non-hydrogen) atoms. The standard InChI is InChI=1S/C18H19NO4/c1-12(20)23-11-10-13-6-5-9-15-16(13)18(22)19(17(15)21)14-7-3-2-4-8-14/h2-8,13,15-16H,9-11H2,1H3/t13-,15-,16+/m1/s1. The van der Waals surface area contributed by atoms with Gasteiger partial charge in [0.15, 0.2) is 0 Å². The van der Waals surface area contributed by atoms with E-state index in [1.54, 1.807) is 12.1 Å². The number of benzene rings is 1. The quantitative estimate of drug-likeness (QED) is 0.486. The van der Waals surface area contributed by atoms with Crippen molar-refractivity contribution in [3.63, 3.8) is 0 Å². The zero-order valence-corrected chi connectivity index (χ0v) is 13.0. The molecule has 0 unspecified atom stereocenters. The molecule has 1 aromatic rings. The second kappa shape index (κ2) is 6.36. The predicted molar refractivity (Wildman–Crippen MR) is 84.4 cm³/mol. The van der Waals surface area contributed by atoms with Crippen LogP contribution in [0.1, 0.15) is 19.8 Å². The molecule has 0 radical (unpaired) electrons. The number of para-hydroxylation sites is 1. The third-order valence-electron chi connectivity index (χ3n) is 4.48. The van der Waals surface area contributed by atoms with Crippen LogP contribution in [0.4, 0.5) is 5.69 Å².